The van der Waals surface area contributed by atoms with Crippen molar-refractivity contribution in [1.82, 2.24) is 0 Å². The van der Waals surface area contributed by atoms with Crippen LogP contribution in [0.2, 0.25) is 0 Å². The highest BCUT2D eigenvalue weighted by Crippen LogP contribution is 2.32. The Kier molecular flexibility index (Phi) is 3.27. The number of hydrogen-bond acceptors (Lipinski definition) is 5. The predicted molar refractivity (Wildman–Crippen MR) is 58.1 cm³/mol. The van der Waals surface area contributed by atoms with E-state index in [1.54, 1.807) is 18.2 Å². The van der Waals surface area contributed by atoms with Gasteiger partial charge in [0.2, 0.25) is 6.79 Å². The van der Waals surface area contributed by atoms with E-state index in [9.17, 15) is 9.59 Å². The number of benzene rings is 1. The van der Waals surface area contributed by atoms with E-state index >= 15 is 0 Å². The van der Waals surface area contributed by atoms with Crippen LogP contribution in [0.1, 0.15) is 23.2 Å². The molecule has 0 bridgehead atoms. The van der Waals surface area contributed by atoms with Crippen molar-refractivity contribution >= 4 is 11.8 Å². The van der Waals surface area contributed by atoms with Gasteiger partial charge in [-0.1, -0.05) is 0 Å². The van der Waals surface area contributed by atoms with Gasteiger partial charge in [-0.05, 0) is 18.2 Å². The molecule has 1 aromatic rings. The van der Waals surface area contributed by atoms with Crippen LogP contribution >= 0.6 is 0 Å². The fraction of sp³-hybridized carbons (Fsp3) is 0.333. The summed E-state index contributed by atoms with van der Waals surface area (Å²) in [5.41, 5.74) is 0.512. The Morgan fingerprint density at radius 3 is 2.76 bits per heavy atom. The van der Waals surface area contributed by atoms with E-state index in [0.29, 0.717) is 17.1 Å². The Hall–Kier alpha value is -2.04. The monoisotopic (exact) mass is 236 g/mol. The maximum absolute atomic E-state index is 11.8. The molecule has 0 unspecified atom stereocenters. The summed E-state index contributed by atoms with van der Waals surface area (Å²) in [6, 6.07) is 4.97. The molecule has 5 heteroatoms. The predicted octanol–water partition coefficient (Wildman–Crippen LogP) is 1.55. The molecule has 1 aliphatic heterocycles. The van der Waals surface area contributed by atoms with Crippen molar-refractivity contribution in [2.45, 2.75) is 12.8 Å². The smallest absolute Gasteiger partial charge is 0.305 e. The van der Waals surface area contributed by atoms with Gasteiger partial charge in [-0.15, -0.1) is 0 Å². The van der Waals surface area contributed by atoms with Crippen molar-refractivity contribution in [3.63, 3.8) is 0 Å². The molecule has 0 fully saturated rings. The molecule has 2 rings (SSSR count). The molecule has 0 atom stereocenters. The van der Waals surface area contributed by atoms with Gasteiger partial charge in [0.05, 0.1) is 13.5 Å². The molecule has 5 nitrogen and oxygen atoms in total. The fourth-order valence-electron chi connectivity index (χ4n) is 1.53. The van der Waals surface area contributed by atoms with Gasteiger partial charge in [0.1, 0.15) is 0 Å². The lowest BCUT2D eigenvalue weighted by atomic mass is 10.1. The minimum Gasteiger partial charge on any atom is -0.469 e. The molecule has 1 heterocycles. The normalized spacial score (nSPS) is 12.3. The number of methoxy groups -OCH3 is 1. The fourth-order valence-corrected chi connectivity index (χ4v) is 1.53. The second-order valence-electron chi connectivity index (χ2n) is 3.57. The molecule has 0 saturated heterocycles. The quantitative estimate of drug-likeness (QED) is 0.586. The molecule has 0 amide bonds. The van der Waals surface area contributed by atoms with Gasteiger partial charge in [0.15, 0.2) is 17.3 Å². The highest BCUT2D eigenvalue weighted by molar-refractivity contribution is 5.98. The van der Waals surface area contributed by atoms with E-state index in [4.69, 9.17) is 9.47 Å². The Morgan fingerprint density at radius 2 is 2.00 bits per heavy atom. The van der Waals surface area contributed by atoms with Gasteiger partial charge < -0.3 is 14.2 Å². The number of hydrogen-bond donors (Lipinski definition) is 0. The minimum absolute atomic E-state index is 0.0871. The van der Waals surface area contributed by atoms with Gasteiger partial charge in [-0.25, -0.2) is 0 Å². The standard InChI is InChI=1S/C12H12O5/c1-15-12(14)5-3-9(13)8-2-4-10-11(6-8)17-7-16-10/h2,4,6H,3,5,7H2,1H3. The second kappa shape index (κ2) is 4.86. The zero-order valence-corrected chi connectivity index (χ0v) is 9.39. The summed E-state index contributed by atoms with van der Waals surface area (Å²) in [5, 5.41) is 0. The third-order valence-electron chi connectivity index (χ3n) is 2.48. The summed E-state index contributed by atoms with van der Waals surface area (Å²) < 4.78 is 14.8. The third-order valence-corrected chi connectivity index (χ3v) is 2.48. The lowest BCUT2D eigenvalue weighted by molar-refractivity contribution is -0.140. The number of esters is 1. The van der Waals surface area contributed by atoms with Crippen LogP contribution in [0.15, 0.2) is 18.2 Å². The highest BCUT2D eigenvalue weighted by Gasteiger charge is 2.16. The molecular formula is C12H12O5. The van der Waals surface area contributed by atoms with Crippen molar-refractivity contribution in [3.8, 4) is 11.5 Å². The van der Waals surface area contributed by atoms with E-state index < -0.39 is 0 Å². The van der Waals surface area contributed by atoms with Gasteiger partial charge >= 0.3 is 5.97 Å². The molecule has 90 valence electrons. The summed E-state index contributed by atoms with van der Waals surface area (Å²) in [6.07, 6.45) is 0.218. The van der Waals surface area contributed by atoms with E-state index in [1.807, 2.05) is 0 Å². The number of carbonyl (C=O) groups is 2. The minimum atomic E-state index is -0.390. The number of Topliss-reactive ketones (excluding diaryl/α,β-unsaturated/α-hetero) is 1. The van der Waals surface area contributed by atoms with Crippen LogP contribution in [0.3, 0.4) is 0 Å². The van der Waals surface area contributed by atoms with Crippen molar-refractivity contribution in [1.29, 1.82) is 0 Å². The number of carbonyl (C=O) groups excluding carboxylic acids is 2. The Bertz CT molecular complexity index is 452. The topological polar surface area (TPSA) is 61.8 Å². The number of fused-ring (bicyclic) bond motifs is 1. The van der Waals surface area contributed by atoms with Crippen molar-refractivity contribution < 1.29 is 23.8 Å². The Morgan fingerprint density at radius 1 is 1.24 bits per heavy atom. The first kappa shape index (κ1) is 11.4. The van der Waals surface area contributed by atoms with Gasteiger partial charge in [0.25, 0.3) is 0 Å². The van der Waals surface area contributed by atoms with Crippen molar-refractivity contribution in [2.24, 2.45) is 0 Å². The molecule has 0 saturated carbocycles. The van der Waals surface area contributed by atoms with Crippen LogP contribution in [0.5, 0.6) is 11.5 Å². The molecule has 1 aliphatic rings. The first-order valence-corrected chi connectivity index (χ1v) is 5.20. The molecule has 0 spiro atoms. The van der Waals surface area contributed by atoms with E-state index in [1.165, 1.54) is 7.11 Å². The van der Waals surface area contributed by atoms with Crippen LogP contribution in [-0.4, -0.2) is 25.7 Å². The second-order valence-corrected chi connectivity index (χ2v) is 3.57. The molecular weight excluding hydrogens is 224 g/mol. The van der Waals surface area contributed by atoms with Crippen LogP contribution in [0.4, 0.5) is 0 Å². The summed E-state index contributed by atoms with van der Waals surface area (Å²) in [5.74, 6) is 0.691. The molecule has 17 heavy (non-hydrogen) atoms. The molecule has 0 radical (unpaired) electrons. The van der Waals surface area contributed by atoms with E-state index in [2.05, 4.69) is 4.74 Å². The van der Waals surface area contributed by atoms with Gasteiger partial charge in [-0.3, -0.25) is 9.59 Å². The number of ketones is 1. The molecule has 0 aromatic heterocycles. The number of ether oxygens (including phenoxy) is 3. The van der Waals surface area contributed by atoms with Crippen LogP contribution in [0.25, 0.3) is 0 Å². The highest BCUT2D eigenvalue weighted by atomic mass is 16.7. The Labute approximate surface area is 98.3 Å². The lowest BCUT2D eigenvalue weighted by Crippen LogP contribution is -2.05. The zero-order valence-electron chi connectivity index (χ0n) is 9.39. The third kappa shape index (κ3) is 2.55. The van der Waals surface area contributed by atoms with E-state index in [0.717, 1.165) is 0 Å². The molecule has 1 aromatic carbocycles. The lowest BCUT2D eigenvalue weighted by Gasteiger charge is -2.02. The average Bonchev–Trinajstić information content (AvgIpc) is 2.82. The zero-order chi connectivity index (χ0) is 12.3. The Balaban J connectivity index is 2.02. The summed E-state index contributed by atoms with van der Waals surface area (Å²) in [6.45, 7) is 0.176. The summed E-state index contributed by atoms with van der Waals surface area (Å²) >= 11 is 0. The first-order valence-electron chi connectivity index (χ1n) is 5.20. The largest absolute Gasteiger partial charge is 0.469 e. The molecule has 0 aliphatic carbocycles. The van der Waals surface area contributed by atoms with Crippen LogP contribution in [0, 0.1) is 0 Å². The maximum atomic E-state index is 11.8. The average molecular weight is 236 g/mol. The first-order chi connectivity index (χ1) is 8.20. The van der Waals surface area contributed by atoms with Crippen molar-refractivity contribution in [2.75, 3.05) is 13.9 Å². The summed E-state index contributed by atoms with van der Waals surface area (Å²) in [7, 11) is 1.30. The van der Waals surface area contributed by atoms with Gasteiger partial charge in [-0.2, -0.15) is 0 Å². The molecule has 0 N–H and O–H groups in total. The summed E-state index contributed by atoms with van der Waals surface area (Å²) in [4.78, 5) is 22.7. The maximum Gasteiger partial charge on any atom is 0.305 e. The van der Waals surface area contributed by atoms with Crippen LogP contribution < -0.4 is 9.47 Å². The van der Waals surface area contributed by atoms with Crippen molar-refractivity contribution in [3.05, 3.63) is 23.8 Å². The number of rotatable bonds is 4. The SMILES string of the molecule is COC(=O)CCC(=O)c1ccc2c(c1)OCO2. The van der Waals surface area contributed by atoms with E-state index in [-0.39, 0.29) is 31.4 Å². The van der Waals surface area contributed by atoms with Gasteiger partial charge in [0, 0.05) is 12.0 Å². The van der Waals surface area contributed by atoms with Crippen LogP contribution in [-0.2, 0) is 9.53 Å².